The van der Waals surface area contributed by atoms with Gasteiger partial charge in [0.1, 0.15) is 0 Å². The molecule has 0 aromatic heterocycles. The van der Waals surface area contributed by atoms with Gasteiger partial charge in [-0.3, -0.25) is 0 Å². The summed E-state index contributed by atoms with van der Waals surface area (Å²) in [5, 5.41) is 0. The average Bonchev–Trinajstić information content (AvgIpc) is 2.07. The van der Waals surface area contributed by atoms with E-state index in [1.165, 1.54) is 38.5 Å². The zero-order valence-corrected chi connectivity index (χ0v) is 8.60. The molecule has 0 spiro atoms. The summed E-state index contributed by atoms with van der Waals surface area (Å²) in [5.74, 6) is 0.638. The summed E-state index contributed by atoms with van der Waals surface area (Å²) >= 11 is 0. The standard InChI is InChI=1S/C8H15N.C3H8/c1-7(9)8-5-3-2-4-6-8;1-3-2/h8H,1-6,9H2;3H2,1-2H3. The van der Waals surface area contributed by atoms with Crippen molar-refractivity contribution in [1.82, 2.24) is 0 Å². The topological polar surface area (TPSA) is 26.0 Å². The van der Waals surface area contributed by atoms with Gasteiger partial charge in [-0.1, -0.05) is 46.1 Å². The number of hydrogen-bond donors (Lipinski definition) is 1. The van der Waals surface area contributed by atoms with Crippen LogP contribution in [0.4, 0.5) is 0 Å². The first-order chi connectivity index (χ1) is 5.72. The molecule has 0 saturated heterocycles. The molecule has 1 fully saturated rings. The third-order valence-electron chi connectivity index (χ3n) is 2.13. The van der Waals surface area contributed by atoms with Crippen LogP contribution in [0, 0.1) is 5.92 Å². The van der Waals surface area contributed by atoms with E-state index in [0.29, 0.717) is 5.92 Å². The van der Waals surface area contributed by atoms with Crippen LogP contribution < -0.4 is 5.73 Å². The molecule has 72 valence electrons. The number of rotatable bonds is 1. The fourth-order valence-electron chi connectivity index (χ4n) is 1.47. The molecule has 1 rings (SSSR count). The summed E-state index contributed by atoms with van der Waals surface area (Å²) in [5.41, 5.74) is 6.47. The molecule has 0 aromatic carbocycles. The second-order valence-electron chi connectivity index (χ2n) is 3.62. The van der Waals surface area contributed by atoms with E-state index in [0.717, 1.165) is 5.70 Å². The molecule has 1 nitrogen and oxygen atoms in total. The molecule has 1 saturated carbocycles. The molecule has 1 heteroatoms. The summed E-state index contributed by atoms with van der Waals surface area (Å²) < 4.78 is 0. The summed E-state index contributed by atoms with van der Waals surface area (Å²) in [6.45, 7) is 8.01. The van der Waals surface area contributed by atoms with E-state index in [-0.39, 0.29) is 0 Å². The van der Waals surface area contributed by atoms with Crippen LogP contribution >= 0.6 is 0 Å². The van der Waals surface area contributed by atoms with Crippen LogP contribution in [-0.4, -0.2) is 0 Å². The summed E-state index contributed by atoms with van der Waals surface area (Å²) in [7, 11) is 0. The van der Waals surface area contributed by atoms with Gasteiger partial charge >= 0.3 is 0 Å². The van der Waals surface area contributed by atoms with Crippen molar-refractivity contribution < 1.29 is 0 Å². The lowest BCUT2D eigenvalue weighted by Crippen LogP contribution is -2.13. The molecule has 0 atom stereocenters. The Bertz CT molecular complexity index is 112. The van der Waals surface area contributed by atoms with Gasteiger partial charge in [0.15, 0.2) is 0 Å². The lowest BCUT2D eigenvalue weighted by Gasteiger charge is -2.20. The third-order valence-corrected chi connectivity index (χ3v) is 2.13. The Morgan fingerprint density at radius 3 is 1.92 bits per heavy atom. The Balaban J connectivity index is 0.000000354. The Labute approximate surface area is 77.0 Å². The maximum absolute atomic E-state index is 5.57. The van der Waals surface area contributed by atoms with Crippen LogP contribution in [0.1, 0.15) is 52.4 Å². The average molecular weight is 169 g/mol. The molecule has 0 aromatic rings. The zero-order chi connectivity index (χ0) is 9.40. The van der Waals surface area contributed by atoms with Crippen molar-refractivity contribution in [2.45, 2.75) is 52.4 Å². The fraction of sp³-hybridized carbons (Fsp3) is 0.818. The summed E-state index contributed by atoms with van der Waals surface area (Å²) in [6, 6.07) is 0. The van der Waals surface area contributed by atoms with Crippen molar-refractivity contribution in [3.8, 4) is 0 Å². The Morgan fingerprint density at radius 1 is 1.25 bits per heavy atom. The van der Waals surface area contributed by atoms with E-state index < -0.39 is 0 Å². The van der Waals surface area contributed by atoms with Crippen molar-refractivity contribution in [3.05, 3.63) is 12.3 Å². The highest BCUT2D eigenvalue weighted by Gasteiger charge is 2.13. The highest BCUT2D eigenvalue weighted by molar-refractivity contribution is 4.95. The SMILES string of the molecule is C=C(N)C1CCCCC1.CCC. The lowest BCUT2D eigenvalue weighted by molar-refractivity contribution is 0.401. The molecule has 0 bridgehead atoms. The number of allylic oxidation sites excluding steroid dienone is 1. The Kier molecular flexibility index (Phi) is 6.93. The first-order valence-electron chi connectivity index (χ1n) is 5.16. The van der Waals surface area contributed by atoms with Crippen molar-refractivity contribution in [2.24, 2.45) is 11.7 Å². The molecule has 0 radical (unpaired) electrons. The van der Waals surface area contributed by atoms with Gasteiger partial charge in [0.05, 0.1) is 0 Å². The molecule has 12 heavy (non-hydrogen) atoms. The predicted molar refractivity (Wildman–Crippen MR) is 55.9 cm³/mol. The Morgan fingerprint density at radius 2 is 1.67 bits per heavy atom. The van der Waals surface area contributed by atoms with Gasteiger partial charge < -0.3 is 5.73 Å². The highest BCUT2D eigenvalue weighted by atomic mass is 14.6. The minimum atomic E-state index is 0.638. The first kappa shape index (κ1) is 11.5. The van der Waals surface area contributed by atoms with E-state index in [9.17, 15) is 0 Å². The van der Waals surface area contributed by atoms with Crippen molar-refractivity contribution in [1.29, 1.82) is 0 Å². The predicted octanol–water partition coefficient (Wildman–Crippen LogP) is 3.46. The molecule has 2 N–H and O–H groups in total. The smallest absolute Gasteiger partial charge is 0.00390 e. The highest BCUT2D eigenvalue weighted by Crippen LogP contribution is 2.26. The van der Waals surface area contributed by atoms with Crippen LogP contribution in [-0.2, 0) is 0 Å². The molecule has 0 heterocycles. The molecular formula is C11H23N. The second-order valence-corrected chi connectivity index (χ2v) is 3.62. The minimum absolute atomic E-state index is 0.638. The van der Waals surface area contributed by atoms with E-state index in [4.69, 9.17) is 5.73 Å². The normalized spacial score (nSPS) is 17.8. The van der Waals surface area contributed by atoms with Crippen molar-refractivity contribution >= 4 is 0 Å². The molecule has 0 amide bonds. The van der Waals surface area contributed by atoms with Crippen LogP contribution in [0.15, 0.2) is 12.3 Å². The summed E-state index contributed by atoms with van der Waals surface area (Å²) in [6.07, 6.45) is 7.89. The number of hydrogen-bond acceptors (Lipinski definition) is 1. The molecule has 0 unspecified atom stereocenters. The zero-order valence-electron chi connectivity index (χ0n) is 8.60. The van der Waals surface area contributed by atoms with E-state index in [1.54, 1.807) is 0 Å². The molecule has 0 aliphatic heterocycles. The van der Waals surface area contributed by atoms with Gasteiger partial charge in [0.25, 0.3) is 0 Å². The van der Waals surface area contributed by atoms with E-state index >= 15 is 0 Å². The van der Waals surface area contributed by atoms with Crippen molar-refractivity contribution in [3.63, 3.8) is 0 Å². The monoisotopic (exact) mass is 169 g/mol. The van der Waals surface area contributed by atoms with E-state index in [1.807, 2.05) is 0 Å². The maximum Gasteiger partial charge on any atom is 0.00390 e. The lowest BCUT2D eigenvalue weighted by atomic mass is 9.88. The van der Waals surface area contributed by atoms with Crippen LogP contribution in [0.3, 0.4) is 0 Å². The van der Waals surface area contributed by atoms with Gasteiger partial charge in [-0.15, -0.1) is 0 Å². The van der Waals surface area contributed by atoms with Crippen LogP contribution in [0.25, 0.3) is 0 Å². The quantitative estimate of drug-likeness (QED) is 0.639. The van der Waals surface area contributed by atoms with Crippen LogP contribution in [0.2, 0.25) is 0 Å². The first-order valence-corrected chi connectivity index (χ1v) is 5.16. The van der Waals surface area contributed by atoms with Gasteiger partial charge in [-0.2, -0.15) is 0 Å². The molecule has 1 aliphatic rings. The minimum Gasteiger partial charge on any atom is -0.402 e. The van der Waals surface area contributed by atoms with Gasteiger partial charge in [0, 0.05) is 5.70 Å². The molecular weight excluding hydrogens is 146 g/mol. The Hall–Kier alpha value is -0.460. The third kappa shape index (κ3) is 5.22. The molecule has 1 aliphatic carbocycles. The van der Waals surface area contributed by atoms with Gasteiger partial charge in [0.2, 0.25) is 0 Å². The number of nitrogens with two attached hydrogens (primary N) is 1. The second kappa shape index (κ2) is 7.20. The maximum atomic E-state index is 5.57. The summed E-state index contributed by atoms with van der Waals surface area (Å²) in [4.78, 5) is 0. The van der Waals surface area contributed by atoms with Crippen LogP contribution in [0.5, 0.6) is 0 Å². The largest absolute Gasteiger partial charge is 0.402 e. The van der Waals surface area contributed by atoms with E-state index in [2.05, 4.69) is 20.4 Å². The van der Waals surface area contributed by atoms with Gasteiger partial charge in [-0.05, 0) is 18.8 Å². The fourth-order valence-corrected chi connectivity index (χ4v) is 1.47. The van der Waals surface area contributed by atoms with Crippen molar-refractivity contribution in [2.75, 3.05) is 0 Å². The van der Waals surface area contributed by atoms with Gasteiger partial charge in [-0.25, -0.2) is 0 Å².